The Morgan fingerprint density at radius 1 is 1.08 bits per heavy atom. The zero-order chi connectivity index (χ0) is 34.1. The van der Waals surface area contributed by atoms with Crippen molar-refractivity contribution in [1.82, 2.24) is 19.8 Å². The number of likely N-dealkylation sites (N-methyl/N-ethyl adjacent to an activating group) is 1. The van der Waals surface area contributed by atoms with Crippen LogP contribution in [-0.4, -0.2) is 69.9 Å². The number of imidazole rings is 1. The summed E-state index contributed by atoms with van der Waals surface area (Å²) in [5.41, 5.74) is 6.99. The summed E-state index contributed by atoms with van der Waals surface area (Å²) in [7, 11) is 5.43. The summed E-state index contributed by atoms with van der Waals surface area (Å²) in [6.07, 6.45) is 2.00. The molecule has 2 aliphatic rings. The molecule has 13 heteroatoms. The van der Waals surface area contributed by atoms with Crippen molar-refractivity contribution >= 4 is 40.8 Å². The Hall–Kier alpha value is -4.13. The Morgan fingerprint density at radius 2 is 1.85 bits per heavy atom. The van der Waals surface area contributed by atoms with Crippen LogP contribution in [0.4, 0.5) is 5.69 Å². The first-order valence-corrected chi connectivity index (χ1v) is 16.4. The van der Waals surface area contributed by atoms with Crippen LogP contribution in [0.2, 0.25) is 10.0 Å². The van der Waals surface area contributed by atoms with Gasteiger partial charge in [-0.3, -0.25) is 14.9 Å². The fourth-order valence-electron chi connectivity index (χ4n) is 6.48. The average Bonchev–Trinajstić information content (AvgIpc) is 3.63. The second-order valence-corrected chi connectivity index (χ2v) is 12.8. The fraction of sp³-hybridized carbons (Fsp3) is 0.343. The van der Waals surface area contributed by atoms with E-state index in [2.05, 4.69) is 20.5 Å². The lowest BCUT2D eigenvalue weighted by molar-refractivity contribution is -0.140. The van der Waals surface area contributed by atoms with Crippen molar-refractivity contribution in [3.63, 3.8) is 0 Å². The Bertz CT molecular complexity index is 1880. The van der Waals surface area contributed by atoms with Gasteiger partial charge in [-0.1, -0.05) is 53.5 Å². The lowest BCUT2D eigenvalue weighted by atomic mass is 9.96. The molecule has 0 saturated heterocycles. The number of aliphatic hydroxyl groups is 1. The van der Waals surface area contributed by atoms with Crippen molar-refractivity contribution in [1.29, 1.82) is 0 Å². The van der Waals surface area contributed by atoms with E-state index in [9.17, 15) is 19.8 Å². The molecule has 1 aromatic heterocycles. The number of hydrogen-bond acceptors (Lipinski definition) is 8. The van der Waals surface area contributed by atoms with Gasteiger partial charge in [0.25, 0.3) is 5.91 Å². The number of carboxylic acids is 1. The molecule has 0 bridgehead atoms. The first kappa shape index (κ1) is 33.8. The number of hydrogen-bond donors (Lipinski definition) is 4. The quantitative estimate of drug-likeness (QED) is 0.166. The number of halogens is 2. The molecule has 48 heavy (non-hydrogen) atoms. The van der Waals surface area contributed by atoms with E-state index in [4.69, 9.17) is 32.7 Å². The van der Waals surface area contributed by atoms with E-state index < -0.39 is 18.6 Å². The Labute approximate surface area is 288 Å². The fourth-order valence-corrected chi connectivity index (χ4v) is 6.98. The predicted octanol–water partition coefficient (Wildman–Crippen LogP) is 5.24. The van der Waals surface area contributed by atoms with E-state index in [-0.39, 0.29) is 18.6 Å². The zero-order valence-electron chi connectivity index (χ0n) is 26.8. The molecule has 4 N–H and O–H groups in total. The van der Waals surface area contributed by atoms with Crippen molar-refractivity contribution in [2.24, 2.45) is 7.05 Å². The number of amides is 1. The number of anilines is 1. The molecule has 0 saturated carbocycles. The molecule has 2 atom stereocenters. The molecular weight excluding hydrogens is 657 g/mol. The van der Waals surface area contributed by atoms with E-state index in [1.165, 1.54) is 7.11 Å². The third-order valence-corrected chi connectivity index (χ3v) is 9.73. The monoisotopic (exact) mass is 693 g/mol. The minimum absolute atomic E-state index is 0.123. The number of benzene rings is 3. The van der Waals surface area contributed by atoms with Gasteiger partial charge in [0.05, 0.1) is 35.1 Å². The maximum atomic E-state index is 13.4. The van der Waals surface area contributed by atoms with Gasteiger partial charge in [-0.05, 0) is 48.7 Å². The summed E-state index contributed by atoms with van der Waals surface area (Å²) < 4.78 is 13.9. The van der Waals surface area contributed by atoms with E-state index in [0.29, 0.717) is 51.6 Å². The van der Waals surface area contributed by atoms with E-state index in [1.54, 1.807) is 18.2 Å². The van der Waals surface area contributed by atoms with Crippen molar-refractivity contribution in [2.45, 2.75) is 44.5 Å². The van der Waals surface area contributed by atoms with Crippen LogP contribution in [0, 0.1) is 0 Å². The van der Waals surface area contributed by atoms with Gasteiger partial charge < -0.3 is 34.5 Å². The predicted molar refractivity (Wildman–Crippen MR) is 183 cm³/mol. The van der Waals surface area contributed by atoms with E-state index in [1.807, 2.05) is 49.0 Å². The molecule has 3 aromatic carbocycles. The van der Waals surface area contributed by atoms with Gasteiger partial charge >= 0.3 is 5.97 Å². The smallest absolute Gasteiger partial charge is 0.323 e. The summed E-state index contributed by atoms with van der Waals surface area (Å²) in [6.45, 7) is 1.20. The van der Waals surface area contributed by atoms with Crippen LogP contribution in [0.15, 0.2) is 48.5 Å². The van der Waals surface area contributed by atoms with Gasteiger partial charge in [-0.25, -0.2) is 4.98 Å². The maximum Gasteiger partial charge on any atom is 0.323 e. The number of carbonyl (C=O) groups excluding carboxylic acids is 1. The first-order chi connectivity index (χ1) is 23.1. The lowest BCUT2D eigenvalue weighted by Gasteiger charge is -2.21. The number of nitrogens with zero attached hydrogens (tertiary/aromatic N) is 3. The molecule has 2 heterocycles. The third kappa shape index (κ3) is 6.61. The number of rotatable bonds is 11. The highest BCUT2D eigenvalue weighted by Gasteiger charge is 2.29. The van der Waals surface area contributed by atoms with Crippen LogP contribution in [-0.2, 0) is 37.8 Å². The minimum atomic E-state index is -1.16. The number of carboxylic acid groups (broad SMARTS) is 1. The summed E-state index contributed by atoms with van der Waals surface area (Å²) >= 11 is 13.6. The summed E-state index contributed by atoms with van der Waals surface area (Å²) in [6, 6.07) is 13.9. The Morgan fingerprint density at radius 3 is 2.60 bits per heavy atom. The maximum absolute atomic E-state index is 13.4. The molecule has 0 fully saturated rings. The SMILES string of the molecule is COc1cc(OC2CCc3c(-c4cccc(NC(=O)c5nc6c(n5C)CCN(C)C6)c4Cl)cccc32)c(Cl)cc1CNC(CO)C(=O)O. The topological polar surface area (TPSA) is 138 Å². The van der Waals surface area contributed by atoms with Crippen LogP contribution in [0.3, 0.4) is 0 Å². The molecule has 1 aliphatic heterocycles. The summed E-state index contributed by atoms with van der Waals surface area (Å²) in [5, 5.41) is 25.1. The highest BCUT2D eigenvalue weighted by Crippen LogP contribution is 2.45. The molecule has 2 unspecified atom stereocenters. The Balaban J connectivity index is 1.22. The van der Waals surface area contributed by atoms with E-state index >= 15 is 0 Å². The number of ether oxygens (including phenoxy) is 2. The number of aromatic nitrogens is 2. The number of carbonyl (C=O) groups is 2. The standard InChI is InChI=1S/C35H37Cl2N5O6/c1-41-13-12-28-26(17-41)39-33(42(28)2)34(44)40-25-9-5-8-23(32(25)37)20-6-4-7-22-21(20)10-11-29(22)48-31-15-30(47-3)19(14-24(31)36)16-38-27(18-43)35(45)46/h4-9,14-15,27,29,38,43H,10-13,16-18H2,1-3H3,(H,40,44)(H,45,46). The minimum Gasteiger partial charge on any atom is -0.496 e. The molecule has 6 rings (SSSR count). The second-order valence-electron chi connectivity index (χ2n) is 12.1. The Kier molecular flexibility index (Phi) is 9.95. The summed E-state index contributed by atoms with van der Waals surface area (Å²) in [5.74, 6) is -0.214. The third-order valence-electron chi connectivity index (χ3n) is 9.03. The van der Waals surface area contributed by atoms with Crippen LogP contribution in [0.5, 0.6) is 11.5 Å². The molecule has 0 radical (unpaired) electrons. The highest BCUT2D eigenvalue weighted by molar-refractivity contribution is 6.36. The van der Waals surface area contributed by atoms with Gasteiger partial charge in [0, 0.05) is 56.0 Å². The van der Waals surface area contributed by atoms with Crippen LogP contribution < -0.4 is 20.1 Å². The van der Waals surface area contributed by atoms with Crippen LogP contribution >= 0.6 is 23.2 Å². The van der Waals surface area contributed by atoms with Crippen molar-refractivity contribution in [2.75, 3.05) is 32.6 Å². The second kappa shape index (κ2) is 14.2. The number of nitrogens with one attached hydrogen (secondary N) is 2. The first-order valence-electron chi connectivity index (χ1n) is 15.6. The summed E-state index contributed by atoms with van der Waals surface area (Å²) in [4.78, 5) is 31.5. The van der Waals surface area contributed by atoms with Crippen LogP contribution in [0.25, 0.3) is 11.1 Å². The molecule has 1 amide bonds. The van der Waals surface area contributed by atoms with Crippen molar-refractivity contribution in [3.8, 4) is 22.6 Å². The number of aliphatic carboxylic acids is 1. The number of aliphatic hydroxyl groups excluding tert-OH is 1. The van der Waals surface area contributed by atoms with E-state index in [0.717, 1.165) is 53.0 Å². The molecular formula is C35H37Cl2N5O6. The highest BCUT2D eigenvalue weighted by atomic mass is 35.5. The van der Waals surface area contributed by atoms with Gasteiger partial charge in [-0.15, -0.1) is 0 Å². The van der Waals surface area contributed by atoms with Gasteiger partial charge in [0.15, 0.2) is 5.82 Å². The molecule has 0 spiro atoms. The molecule has 1 aliphatic carbocycles. The average molecular weight is 695 g/mol. The largest absolute Gasteiger partial charge is 0.496 e. The van der Waals surface area contributed by atoms with Crippen molar-refractivity contribution < 1.29 is 29.3 Å². The number of methoxy groups -OCH3 is 1. The van der Waals surface area contributed by atoms with Crippen LogP contribution in [0.1, 0.15) is 51.2 Å². The molecule has 252 valence electrons. The lowest BCUT2D eigenvalue weighted by Crippen LogP contribution is -2.39. The van der Waals surface area contributed by atoms with Gasteiger partial charge in [-0.2, -0.15) is 0 Å². The van der Waals surface area contributed by atoms with Crippen molar-refractivity contribution in [3.05, 3.63) is 92.5 Å². The normalized spacial score (nSPS) is 16.2. The van der Waals surface area contributed by atoms with Gasteiger partial charge in [0.2, 0.25) is 0 Å². The zero-order valence-corrected chi connectivity index (χ0v) is 28.4. The molecule has 11 nitrogen and oxygen atoms in total. The van der Waals surface area contributed by atoms with Gasteiger partial charge in [0.1, 0.15) is 23.6 Å². The number of fused-ring (bicyclic) bond motifs is 2. The molecule has 4 aromatic rings.